The van der Waals surface area contributed by atoms with E-state index in [0.29, 0.717) is 0 Å². The molecule has 6 heteroatoms. The van der Waals surface area contributed by atoms with Gasteiger partial charge < -0.3 is 0 Å². The van der Waals surface area contributed by atoms with Crippen LogP contribution in [-0.4, -0.2) is 9.97 Å². The molecule has 0 aromatic carbocycles. The van der Waals surface area contributed by atoms with Crippen molar-refractivity contribution in [1.82, 2.24) is 9.97 Å². The van der Waals surface area contributed by atoms with Crippen molar-refractivity contribution in [1.29, 1.82) is 0 Å². The third-order valence-electron chi connectivity index (χ3n) is 0.788. The highest BCUT2D eigenvalue weighted by Crippen LogP contribution is 2.18. The first-order valence-electron chi connectivity index (χ1n) is 2.35. The smallest absolute Gasteiger partial charge is 0.148 e. The van der Waals surface area contributed by atoms with Gasteiger partial charge in [0.15, 0.2) is 0 Å². The second kappa shape index (κ2) is 3.00. The highest BCUT2D eigenvalue weighted by Gasteiger charge is 1.94. The predicted octanol–water partition coefficient (Wildman–Crippen LogP) is 2.07. The van der Waals surface area contributed by atoms with E-state index in [2.05, 4.69) is 20.0 Å². The van der Waals surface area contributed by atoms with Gasteiger partial charge in [0.1, 0.15) is 12.1 Å². The summed E-state index contributed by atoms with van der Waals surface area (Å²) in [5.74, 6) is 0.152. The Morgan fingerprint density at radius 1 is 1.70 bits per heavy atom. The number of hydrogen-bond donors (Lipinski definition) is 0. The van der Waals surface area contributed by atoms with Crippen LogP contribution in [-0.2, 0) is 0 Å². The van der Waals surface area contributed by atoms with Crippen molar-refractivity contribution in [2.45, 2.75) is 0 Å². The minimum Gasteiger partial charge on any atom is -0.243 e. The van der Waals surface area contributed by atoms with Crippen LogP contribution in [0.1, 0.15) is 0 Å². The van der Waals surface area contributed by atoms with Gasteiger partial charge in [0, 0.05) is 11.1 Å². The molecule has 1 rings (SSSR count). The molecule has 0 aliphatic carbocycles. The molecule has 0 unspecified atom stereocenters. The molecule has 0 bridgehead atoms. The van der Waals surface area contributed by atoms with Gasteiger partial charge in [0.2, 0.25) is 0 Å². The van der Waals surface area contributed by atoms with Crippen molar-refractivity contribution in [3.8, 4) is 0 Å². The molecule has 50 valence electrons. The third-order valence-corrected chi connectivity index (χ3v) is 1.05. The molecule has 0 radical (unpaired) electrons. The van der Waals surface area contributed by atoms with E-state index in [0.717, 1.165) is 0 Å². The Bertz CT molecular complexity index is 279. The fraction of sp³-hybridized carbons (Fsp3) is 0. The average Bonchev–Trinajstić information content (AvgIpc) is 1.94. The molecular weight excluding hydrogens is 154 g/mol. The summed E-state index contributed by atoms with van der Waals surface area (Å²) in [6.07, 6.45) is 2.62. The van der Waals surface area contributed by atoms with Crippen LogP contribution in [0.5, 0.6) is 0 Å². The summed E-state index contributed by atoms with van der Waals surface area (Å²) in [6.45, 7) is 0. The summed E-state index contributed by atoms with van der Waals surface area (Å²) >= 11 is 5.51. The molecule has 10 heavy (non-hydrogen) atoms. The molecule has 0 fully saturated rings. The zero-order valence-electron chi connectivity index (χ0n) is 4.77. The normalized spacial score (nSPS) is 8.50. The predicted molar refractivity (Wildman–Crippen MR) is 35.8 cm³/mol. The summed E-state index contributed by atoms with van der Waals surface area (Å²) in [6, 6.07) is 0. The number of halogens is 1. The SMILES string of the molecule is [N-]=[N+]=Nc1ncncc1Cl. The summed E-state index contributed by atoms with van der Waals surface area (Å²) in [7, 11) is 0. The van der Waals surface area contributed by atoms with Gasteiger partial charge in [0.25, 0.3) is 0 Å². The summed E-state index contributed by atoms with van der Waals surface area (Å²) in [4.78, 5) is 9.72. The minimum atomic E-state index is 0.152. The molecule has 0 spiro atoms. The van der Waals surface area contributed by atoms with E-state index in [4.69, 9.17) is 17.1 Å². The molecule has 0 saturated heterocycles. The second-order valence-electron chi connectivity index (χ2n) is 1.38. The van der Waals surface area contributed by atoms with Crippen LogP contribution >= 0.6 is 11.6 Å². The second-order valence-corrected chi connectivity index (χ2v) is 1.79. The molecule has 0 aliphatic rings. The van der Waals surface area contributed by atoms with Gasteiger partial charge >= 0.3 is 0 Å². The average molecular weight is 156 g/mol. The van der Waals surface area contributed by atoms with E-state index < -0.39 is 0 Å². The Kier molecular flexibility index (Phi) is 2.04. The molecule has 0 amide bonds. The van der Waals surface area contributed by atoms with E-state index in [9.17, 15) is 0 Å². The maximum atomic E-state index is 7.98. The highest BCUT2D eigenvalue weighted by molar-refractivity contribution is 6.32. The van der Waals surface area contributed by atoms with Crippen molar-refractivity contribution in [2.75, 3.05) is 0 Å². The molecule has 0 atom stereocenters. The standard InChI is InChI=1S/C4H2ClN5/c5-3-1-7-2-8-4(3)9-10-6/h1-2H. The number of azide groups is 1. The van der Waals surface area contributed by atoms with E-state index in [-0.39, 0.29) is 10.8 Å². The fourth-order valence-corrected chi connectivity index (χ4v) is 0.565. The maximum Gasteiger partial charge on any atom is 0.148 e. The lowest BCUT2D eigenvalue weighted by Gasteiger charge is -1.89. The Hall–Kier alpha value is -1.32. The summed E-state index contributed by atoms with van der Waals surface area (Å²) < 4.78 is 0. The van der Waals surface area contributed by atoms with Crippen molar-refractivity contribution >= 4 is 17.4 Å². The number of rotatable bonds is 1. The van der Waals surface area contributed by atoms with Crippen molar-refractivity contribution in [2.24, 2.45) is 5.11 Å². The van der Waals surface area contributed by atoms with Gasteiger partial charge in [-0.1, -0.05) is 11.6 Å². The largest absolute Gasteiger partial charge is 0.243 e. The van der Waals surface area contributed by atoms with E-state index in [1.165, 1.54) is 12.5 Å². The van der Waals surface area contributed by atoms with Gasteiger partial charge in [-0.2, -0.15) is 0 Å². The van der Waals surface area contributed by atoms with Crippen LogP contribution in [0.15, 0.2) is 17.6 Å². The molecule has 1 aromatic heterocycles. The van der Waals surface area contributed by atoms with Crippen LogP contribution in [0, 0.1) is 0 Å². The molecule has 0 aliphatic heterocycles. The molecule has 0 saturated carbocycles. The van der Waals surface area contributed by atoms with Gasteiger partial charge in [-0.3, -0.25) is 0 Å². The Labute approximate surface area is 61.3 Å². The maximum absolute atomic E-state index is 7.98. The van der Waals surface area contributed by atoms with Gasteiger partial charge in [0.05, 0.1) is 5.02 Å². The van der Waals surface area contributed by atoms with Crippen LogP contribution in [0.2, 0.25) is 5.02 Å². The molecular formula is C4H2ClN5. The van der Waals surface area contributed by atoms with E-state index >= 15 is 0 Å². The number of hydrogen-bond acceptors (Lipinski definition) is 3. The Balaban J connectivity index is 3.14. The zero-order chi connectivity index (χ0) is 7.40. The van der Waals surface area contributed by atoms with Crippen LogP contribution in [0.25, 0.3) is 10.4 Å². The van der Waals surface area contributed by atoms with Crippen molar-refractivity contribution in [3.63, 3.8) is 0 Å². The van der Waals surface area contributed by atoms with Gasteiger partial charge in [-0.15, -0.1) is 0 Å². The van der Waals surface area contributed by atoms with Gasteiger partial charge in [-0.25, -0.2) is 9.97 Å². The topological polar surface area (TPSA) is 74.5 Å². The van der Waals surface area contributed by atoms with Crippen molar-refractivity contribution < 1.29 is 0 Å². The van der Waals surface area contributed by atoms with Crippen LogP contribution in [0.3, 0.4) is 0 Å². The number of nitrogens with zero attached hydrogens (tertiary/aromatic N) is 5. The lowest BCUT2D eigenvalue weighted by molar-refractivity contribution is 1.14. The van der Waals surface area contributed by atoms with E-state index in [1.807, 2.05) is 0 Å². The summed E-state index contributed by atoms with van der Waals surface area (Å²) in [5, 5.41) is 3.45. The van der Waals surface area contributed by atoms with Crippen LogP contribution < -0.4 is 0 Å². The monoisotopic (exact) mass is 155 g/mol. The third kappa shape index (κ3) is 1.34. The zero-order valence-corrected chi connectivity index (χ0v) is 5.52. The molecule has 1 aromatic rings. The van der Waals surface area contributed by atoms with Gasteiger partial charge in [-0.05, 0) is 10.6 Å². The first-order chi connectivity index (χ1) is 4.84. The first kappa shape index (κ1) is 6.80. The molecule has 1 heterocycles. The number of aromatic nitrogens is 2. The Morgan fingerprint density at radius 2 is 2.50 bits per heavy atom. The lowest BCUT2D eigenvalue weighted by Crippen LogP contribution is -1.75. The Morgan fingerprint density at radius 3 is 3.10 bits per heavy atom. The van der Waals surface area contributed by atoms with Crippen molar-refractivity contribution in [3.05, 3.63) is 28.0 Å². The fourth-order valence-electron chi connectivity index (χ4n) is 0.422. The highest BCUT2D eigenvalue weighted by atomic mass is 35.5. The quantitative estimate of drug-likeness (QED) is 0.354. The lowest BCUT2D eigenvalue weighted by atomic mass is 10.6. The molecule has 0 N–H and O–H groups in total. The minimum absolute atomic E-state index is 0.152. The molecule has 5 nitrogen and oxygen atoms in total. The first-order valence-corrected chi connectivity index (χ1v) is 2.73. The van der Waals surface area contributed by atoms with Crippen LogP contribution in [0.4, 0.5) is 5.82 Å². The summed E-state index contributed by atoms with van der Waals surface area (Å²) in [5.41, 5.74) is 7.98. The van der Waals surface area contributed by atoms with E-state index in [1.54, 1.807) is 0 Å².